The maximum absolute atomic E-state index is 10.2. The molecular weight excluding hydrogens is 166 g/mol. The number of halogens is 1. The van der Waals surface area contributed by atoms with E-state index in [1.165, 1.54) is 6.20 Å². The van der Waals surface area contributed by atoms with Crippen LogP contribution in [0.1, 0.15) is 0 Å². The van der Waals surface area contributed by atoms with Crippen molar-refractivity contribution in [2.75, 3.05) is 0 Å². The van der Waals surface area contributed by atoms with Crippen molar-refractivity contribution in [2.45, 2.75) is 0 Å². The lowest BCUT2D eigenvalue weighted by molar-refractivity contribution is -0.383. The first-order valence-electron chi connectivity index (χ1n) is 2.66. The number of pyridine rings is 1. The van der Waals surface area contributed by atoms with Crippen LogP contribution in [0.2, 0.25) is 5.02 Å². The average molecular weight is 168 g/mol. The summed E-state index contributed by atoms with van der Waals surface area (Å²) in [5.74, 6) is 0. The van der Waals surface area contributed by atoms with Gasteiger partial charge in [-0.25, -0.2) is 0 Å². The van der Waals surface area contributed by atoms with Crippen molar-refractivity contribution in [1.82, 2.24) is 4.98 Å². The molecule has 0 unspecified atom stereocenters. The summed E-state index contributed by atoms with van der Waals surface area (Å²) >= 11 is 5.44. The molecule has 1 aromatic rings. The van der Waals surface area contributed by atoms with Crippen LogP contribution in [0.25, 0.3) is 0 Å². The van der Waals surface area contributed by atoms with Crippen LogP contribution in [0.4, 0.5) is 5.69 Å². The lowest BCUT2D eigenvalue weighted by Crippen LogP contribution is -2.12. The van der Waals surface area contributed by atoms with Gasteiger partial charge in [0, 0.05) is 12.3 Å². The maximum Gasteiger partial charge on any atom is 0.281 e. The number of nitrogens with zero attached hydrogens (tertiary/aromatic N) is 2. The van der Waals surface area contributed by atoms with E-state index < -0.39 is 4.92 Å². The minimum atomic E-state index is -0.631. The molecule has 2 radical (unpaired) electrons. The van der Waals surface area contributed by atoms with E-state index in [1.807, 2.05) is 0 Å². The van der Waals surface area contributed by atoms with Crippen LogP contribution in [-0.2, 0) is 0 Å². The third-order valence-corrected chi connectivity index (χ3v) is 1.27. The minimum Gasteiger partial charge on any atom is -0.264 e. The summed E-state index contributed by atoms with van der Waals surface area (Å²) in [4.78, 5) is 13.1. The molecular formula is C5H2BClN2O2. The molecule has 1 rings (SSSR count). The molecule has 0 atom stereocenters. The molecule has 0 aromatic carbocycles. The average Bonchev–Trinajstić information content (AvgIpc) is 1.94. The standard InChI is InChI=1S/C5H2BClN2O2/c6-5-4(9(10)11)1-3(7)2-8-5/h1-2H. The first-order chi connectivity index (χ1) is 5.11. The van der Waals surface area contributed by atoms with Crippen molar-refractivity contribution in [2.24, 2.45) is 0 Å². The summed E-state index contributed by atoms with van der Waals surface area (Å²) in [7, 11) is 5.18. The highest BCUT2D eigenvalue weighted by Gasteiger charge is 2.10. The molecule has 0 aliphatic rings. The lowest BCUT2D eigenvalue weighted by Gasteiger charge is -1.95. The fourth-order valence-electron chi connectivity index (χ4n) is 0.585. The zero-order valence-corrected chi connectivity index (χ0v) is 6.08. The van der Waals surface area contributed by atoms with E-state index in [4.69, 9.17) is 19.4 Å². The Morgan fingerprint density at radius 3 is 2.82 bits per heavy atom. The molecule has 0 fully saturated rings. The van der Waals surface area contributed by atoms with Gasteiger partial charge in [-0.15, -0.1) is 0 Å². The van der Waals surface area contributed by atoms with Gasteiger partial charge in [0.1, 0.15) is 0 Å². The third-order valence-electron chi connectivity index (χ3n) is 1.06. The topological polar surface area (TPSA) is 56.0 Å². The quantitative estimate of drug-likeness (QED) is 0.347. The summed E-state index contributed by atoms with van der Waals surface area (Å²) in [5, 5.41) is 10.4. The van der Waals surface area contributed by atoms with Gasteiger partial charge in [0.25, 0.3) is 5.69 Å². The predicted octanol–water partition coefficient (Wildman–Crippen LogP) is 0.437. The Hall–Kier alpha value is -1.10. The highest BCUT2D eigenvalue weighted by atomic mass is 35.5. The van der Waals surface area contributed by atoms with Crippen molar-refractivity contribution in [3.05, 3.63) is 27.4 Å². The first kappa shape index (κ1) is 8.01. The second-order valence-electron chi connectivity index (χ2n) is 1.82. The molecule has 0 aliphatic carbocycles. The number of nitro groups is 1. The Kier molecular flexibility index (Phi) is 2.09. The molecule has 11 heavy (non-hydrogen) atoms. The number of hydrogen-bond donors (Lipinski definition) is 0. The Bertz CT molecular complexity index is 305. The van der Waals surface area contributed by atoms with Gasteiger partial charge in [0.05, 0.1) is 15.5 Å². The summed E-state index contributed by atoms with van der Waals surface area (Å²) < 4.78 is 0. The highest BCUT2D eigenvalue weighted by molar-refractivity contribution is 6.35. The van der Waals surface area contributed by atoms with Gasteiger partial charge in [-0.2, -0.15) is 0 Å². The highest BCUT2D eigenvalue weighted by Crippen LogP contribution is 2.12. The summed E-state index contributed by atoms with van der Waals surface area (Å²) in [6.07, 6.45) is 1.25. The van der Waals surface area contributed by atoms with E-state index in [9.17, 15) is 10.1 Å². The largest absolute Gasteiger partial charge is 0.281 e. The van der Waals surface area contributed by atoms with E-state index in [0.29, 0.717) is 0 Å². The molecule has 0 N–H and O–H groups in total. The second kappa shape index (κ2) is 2.88. The Morgan fingerprint density at radius 1 is 1.73 bits per heavy atom. The molecule has 1 aromatic heterocycles. The van der Waals surface area contributed by atoms with Crippen LogP contribution < -0.4 is 5.59 Å². The molecule has 4 nitrogen and oxygen atoms in total. The van der Waals surface area contributed by atoms with Crippen molar-refractivity contribution in [1.29, 1.82) is 0 Å². The van der Waals surface area contributed by atoms with Gasteiger partial charge in [-0.1, -0.05) is 11.6 Å². The van der Waals surface area contributed by atoms with Crippen LogP contribution in [0, 0.1) is 10.1 Å². The molecule has 0 spiro atoms. The van der Waals surface area contributed by atoms with Crippen molar-refractivity contribution in [3.63, 3.8) is 0 Å². The number of hydrogen-bond acceptors (Lipinski definition) is 3. The van der Waals surface area contributed by atoms with Gasteiger partial charge in [-0.05, 0) is 0 Å². The minimum absolute atomic E-state index is 0.126. The molecule has 0 aliphatic heterocycles. The normalized spacial score (nSPS) is 9.55. The zero-order valence-electron chi connectivity index (χ0n) is 5.32. The van der Waals surface area contributed by atoms with E-state index in [2.05, 4.69) is 4.98 Å². The first-order valence-corrected chi connectivity index (χ1v) is 3.04. The van der Waals surface area contributed by atoms with Crippen LogP contribution in [0.15, 0.2) is 12.3 Å². The van der Waals surface area contributed by atoms with Crippen LogP contribution in [0.5, 0.6) is 0 Å². The fraction of sp³-hybridized carbons (Fsp3) is 0. The SMILES string of the molecule is [B]c1ncc(Cl)cc1[N+](=O)[O-]. The van der Waals surface area contributed by atoms with Gasteiger partial charge in [0.2, 0.25) is 0 Å². The summed E-state index contributed by atoms with van der Waals surface area (Å²) in [6, 6.07) is 1.16. The lowest BCUT2D eigenvalue weighted by atomic mass is 10.0. The van der Waals surface area contributed by atoms with Gasteiger partial charge >= 0.3 is 0 Å². The molecule has 0 amide bonds. The van der Waals surface area contributed by atoms with E-state index in [1.54, 1.807) is 0 Å². The molecule has 54 valence electrons. The van der Waals surface area contributed by atoms with E-state index >= 15 is 0 Å². The Labute approximate surface area is 68.8 Å². The second-order valence-corrected chi connectivity index (χ2v) is 2.25. The van der Waals surface area contributed by atoms with Crippen molar-refractivity contribution in [3.8, 4) is 0 Å². The van der Waals surface area contributed by atoms with Gasteiger partial charge < -0.3 is 0 Å². The summed E-state index contributed by atoms with van der Waals surface area (Å²) in [6.45, 7) is 0. The van der Waals surface area contributed by atoms with E-state index in [0.717, 1.165) is 6.07 Å². The van der Waals surface area contributed by atoms with Crippen molar-refractivity contribution < 1.29 is 4.92 Å². The zero-order chi connectivity index (χ0) is 8.43. The molecule has 1 heterocycles. The van der Waals surface area contributed by atoms with Crippen LogP contribution in [0.3, 0.4) is 0 Å². The van der Waals surface area contributed by atoms with Crippen LogP contribution in [-0.4, -0.2) is 17.8 Å². The maximum atomic E-state index is 10.2. The van der Waals surface area contributed by atoms with Crippen molar-refractivity contribution >= 4 is 30.7 Å². The van der Waals surface area contributed by atoms with Crippen LogP contribution >= 0.6 is 11.6 Å². The van der Waals surface area contributed by atoms with Gasteiger partial charge in [0.15, 0.2) is 7.85 Å². The van der Waals surface area contributed by atoms with Gasteiger partial charge in [-0.3, -0.25) is 15.1 Å². The molecule has 0 saturated carbocycles. The smallest absolute Gasteiger partial charge is 0.264 e. The third kappa shape index (κ3) is 1.68. The monoisotopic (exact) mass is 168 g/mol. The molecule has 6 heteroatoms. The number of rotatable bonds is 1. The predicted molar refractivity (Wildman–Crippen MR) is 41.3 cm³/mol. The fourth-order valence-corrected chi connectivity index (χ4v) is 0.738. The molecule has 0 bridgehead atoms. The molecule has 0 saturated heterocycles. The van der Waals surface area contributed by atoms with E-state index in [-0.39, 0.29) is 16.3 Å². The Balaban J connectivity index is 3.23. The Morgan fingerprint density at radius 2 is 2.36 bits per heavy atom. The number of aromatic nitrogens is 1. The summed E-state index contributed by atoms with van der Waals surface area (Å²) in [5.41, 5.74) is -0.392.